The van der Waals surface area contributed by atoms with Crippen molar-refractivity contribution in [3.05, 3.63) is 35.9 Å². The van der Waals surface area contributed by atoms with Crippen molar-refractivity contribution in [1.82, 2.24) is 20.9 Å². The van der Waals surface area contributed by atoms with Gasteiger partial charge in [0.05, 0.1) is 12.6 Å². The largest absolute Gasteiger partial charge is 0.465 e. The summed E-state index contributed by atoms with van der Waals surface area (Å²) < 4.78 is 10.4. The Bertz CT molecular complexity index is 912. The number of carbonyl (C=O) groups excluding carboxylic acids is 3. The summed E-state index contributed by atoms with van der Waals surface area (Å²) in [6.45, 7) is 9.78. The molecule has 4 amide bonds. The summed E-state index contributed by atoms with van der Waals surface area (Å²) in [6, 6.07) is 6.80. The van der Waals surface area contributed by atoms with Crippen molar-refractivity contribution in [3.63, 3.8) is 0 Å². The third-order valence-corrected chi connectivity index (χ3v) is 4.90. The van der Waals surface area contributed by atoms with Crippen molar-refractivity contribution >= 4 is 24.2 Å². The summed E-state index contributed by atoms with van der Waals surface area (Å²) >= 11 is 0. The van der Waals surface area contributed by atoms with E-state index in [0.29, 0.717) is 5.56 Å². The molecule has 0 aliphatic carbocycles. The number of aliphatic hydroxyl groups excluding tert-OH is 1. The number of amides is 4. The lowest BCUT2D eigenvalue weighted by atomic mass is 10.1. The topological polar surface area (TPSA) is 167 Å². The van der Waals surface area contributed by atoms with E-state index in [2.05, 4.69) is 16.0 Å². The molecule has 0 aliphatic heterocycles. The normalized spacial score (nSPS) is 13.0. The molecular formula is C26H42N4O8. The molecule has 0 aliphatic rings. The van der Waals surface area contributed by atoms with Crippen LogP contribution in [0.3, 0.4) is 0 Å². The van der Waals surface area contributed by atoms with Crippen LogP contribution in [0.5, 0.6) is 0 Å². The molecule has 1 rings (SSSR count). The molecule has 12 nitrogen and oxygen atoms in total. The van der Waals surface area contributed by atoms with Crippen molar-refractivity contribution in [2.24, 2.45) is 0 Å². The Hall–Kier alpha value is -3.54. The van der Waals surface area contributed by atoms with Crippen LogP contribution in [0.15, 0.2) is 30.3 Å². The van der Waals surface area contributed by atoms with Gasteiger partial charge >= 0.3 is 18.3 Å². The molecule has 0 heterocycles. The van der Waals surface area contributed by atoms with Crippen LogP contribution >= 0.6 is 0 Å². The number of aliphatic hydroxyl groups is 1. The summed E-state index contributed by atoms with van der Waals surface area (Å²) in [6.07, 6.45) is -2.28. The predicted octanol–water partition coefficient (Wildman–Crippen LogP) is 2.84. The molecule has 0 fully saturated rings. The number of hydrogen-bond acceptors (Lipinski definition) is 7. The number of nitrogens with one attached hydrogen (secondary N) is 3. The number of rotatable bonds is 12. The minimum Gasteiger partial charge on any atom is -0.465 e. The lowest BCUT2D eigenvalue weighted by Gasteiger charge is -2.30. The number of nitrogens with zero attached hydrogens (tertiary/aromatic N) is 1. The van der Waals surface area contributed by atoms with Crippen molar-refractivity contribution in [1.29, 1.82) is 0 Å². The van der Waals surface area contributed by atoms with Gasteiger partial charge < -0.3 is 35.6 Å². The summed E-state index contributed by atoms with van der Waals surface area (Å²) in [5.74, 6) is -0.648. The zero-order valence-electron chi connectivity index (χ0n) is 23.1. The average Bonchev–Trinajstić information content (AvgIpc) is 2.78. The van der Waals surface area contributed by atoms with E-state index >= 15 is 0 Å². The Morgan fingerprint density at radius 1 is 0.921 bits per heavy atom. The van der Waals surface area contributed by atoms with Gasteiger partial charge in [0.25, 0.3) is 0 Å². The van der Waals surface area contributed by atoms with Gasteiger partial charge in [-0.1, -0.05) is 30.3 Å². The highest BCUT2D eigenvalue weighted by molar-refractivity contribution is 5.85. The molecule has 12 heteroatoms. The highest BCUT2D eigenvalue weighted by atomic mass is 16.6. The standard InChI is InChI=1S/C26H42N4O8/c1-25(2,3)37-22(33)27-14-10-13-20(30(24(35)36)16-18-11-8-7-9-12-18)21(32)29-19(17-31)15-28-23(34)38-26(4,5)6/h7-9,11-12,19-20,31H,10,13-17H2,1-6H3,(H,27,33)(H,28,34)(H,29,32)(H,35,36)/t19-,20-/m0/s1. The van der Waals surface area contributed by atoms with E-state index < -0.39 is 54.1 Å². The molecule has 1 aromatic carbocycles. The van der Waals surface area contributed by atoms with Crippen LogP contribution in [0, 0.1) is 0 Å². The van der Waals surface area contributed by atoms with Crippen LogP contribution in [0.2, 0.25) is 0 Å². The first kappa shape index (κ1) is 32.5. The molecule has 0 radical (unpaired) electrons. The van der Waals surface area contributed by atoms with Gasteiger partial charge in [-0.3, -0.25) is 9.69 Å². The fourth-order valence-corrected chi connectivity index (χ4v) is 3.30. The van der Waals surface area contributed by atoms with Crippen LogP contribution < -0.4 is 16.0 Å². The Labute approximate surface area is 224 Å². The Morgan fingerprint density at radius 2 is 1.47 bits per heavy atom. The fraction of sp³-hybridized carbons (Fsp3) is 0.615. The van der Waals surface area contributed by atoms with Crippen molar-refractivity contribution in [2.75, 3.05) is 19.7 Å². The average molecular weight is 539 g/mol. The highest BCUT2D eigenvalue weighted by Crippen LogP contribution is 2.14. The molecule has 38 heavy (non-hydrogen) atoms. The highest BCUT2D eigenvalue weighted by Gasteiger charge is 2.31. The van der Waals surface area contributed by atoms with Crippen LogP contribution in [0.1, 0.15) is 59.9 Å². The van der Waals surface area contributed by atoms with Crippen LogP contribution in [0.4, 0.5) is 14.4 Å². The number of carboxylic acid groups (broad SMARTS) is 1. The van der Waals surface area contributed by atoms with E-state index in [9.17, 15) is 29.4 Å². The van der Waals surface area contributed by atoms with Gasteiger partial charge in [-0.05, 0) is 59.9 Å². The van der Waals surface area contributed by atoms with E-state index in [-0.39, 0.29) is 32.5 Å². The second-order valence-corrected chi connectivity index (χ2v) is 10.8. The van der Waals surface area contributed by atoms with Crippen LogP contribution in [0.25, 0.3) is 0 Å². The van der Waals surface area contributed by atoms with Gasteiger partial charge in [-0.25, -0.2) is 14.4 Å². The molecule has 214 valence electrons. The second-order valence-electron chi connectivity index (χ2n) is 10.8. The fourth-order valence-electron chi connectivity index (χ4n) is 3.30. The first-order valence-electron chi connectivity index (χ1n) is 12.5. The minimum atomic E-state index is -1.30. The Morgan fingerprint density at radius 3 is 1.97 bits per heavy atom. The van der Waals surface area contributed by atoms with E-state index in [4.69, 9.17) is 9.47 Å². The van der Waals surface area contributed by atoms with Crippen LogP contribution in [-0.2, 0) is 20.8 Å². The number of carbonyl (C=O) groups is 4. The maximum Gasteiger partial charge on any atom is 0.408 e. The van der Waals surface area contributed by atoms with Gasteiger partial charge in [0.15, 0.2) is 0 Å². The maximum atomic E-state index is 13.3. The van der Waals surface area contributed by atoms with E-state index in [1.54, 1.807) is 71.9 Å². The zero-order valence-corrected chi connectivity index (χ0v) is 23.1. The van der Waals surface area contributed by atoms with Gasteiger partial charge in [0, 0.05) is 19.6 Å². The number of alkyl carbamates (subject to hydrolysis) is 2. The molecule has 5 N–H and O–H groups in total. The summed E-state index contributed by atoms with van der Waals surface area (Å²) in [7, 11) is 0. The Kier molecular flexibility index (Phi) is 12.8. The van der Waals surface area contributed by atoms with Crippen LogP contribution in [-0.4, -0.2) is 82.3 Å². The molecule has 0 unspecified atom stereocenters. The quantitative estimate of drug-likeness (QED) is 0.253. The molecule has 2 atom stereocenters. The molecule has 0 spiro atoms. The predicted molar refractivity (Wildman–Crippen MR) is 141 cm³/mol. The molecule has 0 bridgehead atoms. The molecule has 0 aromatic heterocycles. The Balaban J connectivity index is 2.93. The van der Waals surface area contributed by atoms with E-state index in [1.807, 2.05) is 0 Å². The molecule has 1 aromatic rings. The van der Waals surface area contributed by atoms with E-state index in [0.717, 1.165) is 4.90 Å². The molecule has 0 saturated carbocycles. The number of ether oxygens (including phenoxy) is 2. The van der Waals surface area contributed by atoms with Gasteiger partial charge in [0.1, 0.15) is 17.2 Å². The summed E-state index contributed by atoms with van der Waals surface area (Å²) in [5.41, 5.74) is -0.709. The van der Waals surface area contributed by atoms with Gasteiger partial charge in [-0.2, -0.15) is 0 Å². The van der Waals surface area contributed by atoms with E-state index in [1.165, 1.54) is 0 Å². The van der Waals surface area contributed by atoms with Crippen molar-refractivity contribution < 1.29 is 38.9 Å². The lowest BCUT2D eigenvalue weighted by Crippen LogP contribution is -2.54. The number of benzene rings is 1. The smallest absolute Gasteiger partial charge is 0.408 e. The zero-order chi connectivity index (χ0) is 28.9. The lowest BCUT2D eigenvalue weighted by molar-refractivity contribution is -0.127. The third-order valence-electron chi connectivity index (χ3n) is 4.90. The number of hydrogen-bond donors (Lipinski definition) is 5. The summed E-state index contributed by atoms with van der Waals surface area (Å²) in [5, 5.41) is 27.4. The first-order chi connectivity index (χ1) is 17.6. The van der Waals surface area contributed by atoms with Gasteiger partial charge in [-0.15, -0.1) is 0 Å². The van der Waals surface area contributed by atoms with Crippen molar-refractivity contribution in [2.45, 2.75) is 84.2 Å². The van der Waals surface area contributed by atoms with Gasteiger partial charge in [0.2, 0.25) is 5.91 Å². The summed E-state index contributed by atoms with van der Waals surface area (Å²) in [4.78, 5) is 50.3. The monoisotopic (exact) mass is 538 g/mol. The maximum absolute atomic E-state index is 13.3. The second kappa shape index (κ2) is 15.0. The van der Waals surface area contributed by atoms with Crippen molar-refractivity contribution in [3.8, 4) is 0 Å². The first-order valence-corrected chi connectivity index (χ1v) is 12.5. The minimum absolute atomic E-state index is 0.0479. The molecular weight excluding hydrogens is 496 g/mol. The SMILES string of the molecule is CC(C)(C)OC(=O)NCCC[C@@H](C(=O)N[C@H](CO)CNC(=O)OC(C)(C)C)N(Cc1ccccc1)C(=O)O. The molecule has 0 saturated heterocycles. The third kappa shape index (κ3) is 13.7.